The van der Waals surface area contributed by atoms with E-state index in [1.807, 2.05) is 23.1 Å². The van der Waals surface area contributed by atoms with Crippen LogP contribution in [-0.4, -0.2) is 27.5 Å². The van der Waals surface area contributed by atoms with Gasteiger partial charge in [0, 0.05) is 36.3 Å². The molecule has 4 rings (SSSR count). The van der Waals surface area contributed by atoms with Gasteiger partial charge >= 0.3 is 0 Å². The highest BCUT2D eigenvalue weighted by Gasteiger charge is 2.16. The monoisotopic (exact) mass is 305 g/mol. The summed E-state index contributed by atoms with van der Waals surface area (Å²) in [5, 5.41) is 4.70. The van der Waals surface area contributed by atoms with Crippen LogP contribution in [-0.2, 0) is 11.3 Å². The molecule has 1 aromatic carbocycles. The van der Waals surface area contributed by atoms with Crippen LogP contribution >= 0.6 is 0 Å². The van der Waals surface area contributed by atoms with E-state index in [2.05, 4.69) is 41.4 Å². The van der Waals surface area contributed by atoms with E-state index in [1.165, 1.54) is 0 Å². The molecule has 0 amide bonds. The van der Waals surface area contributed by atoms with Gasteiger partial charge in [0.15, 0.2) is 0 Å². The molecule has 1 aliphatic rings. The second kappa shape index (κ2) is 6.34. The maximum atomic E-state index is 5.68. The zero-order valence-electron chi connectivity index (χ0n) is 12.9. The molecule has 1 aliphatic heterocycles. The predicted octanol–water partition coefficient (Wildman–Crippen LogP) is 3.79. The first kappa shape index (κ1) is 14.2. The van der Waals surface area contributed by atoms with Gasteiger partial charge in [0.25, 0.3) is 0 Å². The van der Waals surface area contributed by atoms with Crippen LogP contribution in [0, 0.1) is 0 Å². The first-order chi connectivity index (χ1) is 11.4. The van der Waals surface area contributed by atoms with Crippen LogP contribution in [0.5, 0.6) is 0 Å². The van der Waals surface area contributed by atoms with Gasteiger partial charge in [0.2, 0.25) is 0 Å². The molecule has 1 atom stereocenters. The molecular weight excluding hydrogens is 286 g/mol. The van der Waals surface area contributed by atoms with Gasteiger partial charge in [-0.3, -0.25) is 9.67 Å². The van der Waals surface area contributed by atoms with Crippen LogP contribution in [0.1, 0.15) is 12.8 Å². The van der Waals surface area contributed by atoms with E-state index < -0.39 is 0 Å². The number of aromatic nitrogens is 3. The second-order valence-electron chi connectivity index (χ2n) is 5.88. The summed E-state index contributed by atoms with van der Waals surface area (Å²) < 4.78 is 7.67. The van der Waals surface area contributed by atoms with E-state index in [0.717, 1.165) is 48.4 Å². The van der Waals surface area contributed by atoms with Crippen LogP contribution in [0.4, 0.5) is 0 Å². The smallest absolute Gasteiger partial charge is 0.0923 e. The number of pyridine rings is 1. The SMILES string of the molecule is c1cncc(-c2cccc(-c3ccn(CC4CCCO4)n3)c2)c1. The van der Waals surface area contributed by atoms with Crippen LogP contribution in [0.25, 0.3) is 22.4 Å². The minimum atomic E-state index is 0.310. The molecule has 1 unspecified atom stereocenters. The Morgan fingerprint density at radius 2 is 2.00 bits per heavy atom. The van der Waals surface area contributed by atoms with E-state index in [4.69, 9.17) is 9.84 Å². The second-order valence-corrected chi connectivity index (χ2v) is 5.88. The van der Waals surface area contributed by atoms with Gasteiger partial charge in [-0.2, -0.15) is 5.10 Å². The van der Waals surface area contributed by atoms with Crippen LogP contribution in [0.2, 0.25) is 0 Å². The molecule has 1 saturated heterocycles. The molecule has 3 heterocycles. The fraction of sp³-hybridized carbons (Fsp3) is 0.263. The molecule has 116 valence electrons. The Morgan fingerprint density at radius 1 is 1.09 bits per heavy atom. The number of benzene rings is 1. The van der Waals surface area contributed by atoms with Crippen LogP contribution in [0.3, 0.4) is 0 Å². The van der Waals surface area contributed by atoms with Crippen molar-refractivity contribution in [3.05, 3.63) is 61.1 Å². The lowest BCUT2D eigenvalue weighted by atomic mass is 10.0. The summed E-state index contributed by atoms with van der Waals surface area (Å²) >= 11 is 0. The minimum Gasteiger partial charge on any atom is -0.376 e. The first-order valence-electron chi connectivity index (χ1n) is 8.04. The summed E-state index contributed by atoms with van der Waals surface area (Å²) in [7, 11) is 0. The van der Waals surface area contributed by atoms with Gasteiger partial charge in [-0.1, -0.05) is 24.3 Å². The molecule has 4 nitrogen and oxygen atoms in total. The normalized spacial score (nSPS) is 17.5. The average Bonchev–Trinajstić information content (AvgIpc) is 3.28. The lowest BCUT2D eigenvalue weighted by molar-refractivity contribution is 0.0940. The molecule has 2 aromatic heterocycles. The molecular formula is C19H19N3O. The molecule has 0 radical (unpaired) electrons. The number of hydrogen-bond acceptors (Lipinski definition) is 3. The molecule has 0 N–H and O–H groups in total. The van der Waals surface area contributed by atoms with Gasteiger partial charge in [-0.05, 0) is 36.6 Å². The molecule has 0 aliphatic carbocycles. The van der Waals surface area contributed by atoms with Crippen molar-refractivity contribution in [3.8, 4) is 22.4 Å². The third kappa shape index (κ3) is 3.17. The minimum absolute atomic E-state index is 0.310. The highest BCUT2D eigenvalue weighted by molar-refractivity contribution is 5.70. The largest absolute Gasteiger partial charge is 0.376 e. The summed E-state index contributed by atoms with van der Waals surface area (Å²) in [5.41, 5.74) is 4.39. The van der Waals surface area contributed by atoms with Gasteiger partial charge in [0.05, 0.1) is 18.3 Å². The number of ether oxygens (including phenoxy) is 1. The molecule has 4 heteroatoms. The quantitative estimate of drug-likeness (QED) is 0.736. The Kier molecular flexibility index (Phi) is 3.90. The third-order valence-corrected chi connectivity index (χ3v) is 4.21. The van der Waals surface area contributed by atoms with Crippen LogP contribution in [0.15, 0.2) is 61.1 Å². The van der Waals surface area contributed by atoms with Crippen molar-refractivity contribution >= 4 is 0 Å². The number of rotatable bonds is 4. The zero-order chi connectivity index (χ0) is 15.5. The maximum Gasteiger partial charge on any atom is 0.0923 e. The molecule has 1 fully saturated rings. The zero-order valence-corrected chi connectivity index (χ0v) is 12.9. The van der Waals surface area contributed by atoms with Crippen LogP contribution < -0.4 is 0 Å². The van der Waals surface area contributed by atoms with Crippen molar-refractivity contribution in [1.29, 1.82) is 0 Å². The standard InChI is InChI=1S/C19H19N3O/c1-4-15(17-6-2-9-20-13-17)12-16(5-1)19-8-10-22(21-19)14-18-7-3-11-23-18/h1-2,4-6,8-10,12-13,18H,3,7,11,14H2. The summed E-state index contributed by atoms with van der Waals surface area (Å²) in [6.07, 6.45) is 8.31. The van der Waals surface area contributed by atoms with E-state index in [-0.39, 0.29) is 0 Å². The Balaban J connectivity index is 1.57. The topological polar surface area (TPSA) is 39.9 Å². The number of hydrogen-bond donors (Lipinski definition) is 0. The fourth-order valence-electron chi connectivity index (χ4n) is 3.01. The van der Waals surface area contributed by atoms with E-state index >= 15 is 0 Å². The van der Waals surface area contributed by atoms with E-state index in [1.54, 1.807) is 6.20 Å². The Hall–Kier alpha value is -2.46. The Morgan fingerprint density at radius 3 is 2.83 bits per heavy atom. The van der Waals surface area contributed by atoms with E-state index in [9.17, 15) is 0 Å². The van der Waals surface area contributed by atoms with Gasteiger partial charge in [-0.25, -0.2) is 0 Å². The van der Waals surface area contributed by atoms with Crippen molar-refractivity contribution in [2.24, 2.45) is 0 Å². The molecule has 23 heavy (non-hydrogen) atoms. The summed E-state index contributed by atoms with van der Waals surface area (Å²) in [6, 6.07) is 14.5. The van der Waals surface area contributed by atoms with Gasteiger partial charge in [-0.15, -0.1) is 0 Å². The van der Waals surface area contributed by atoms with E-state index in [0.29, 0.717) is 6.10 Å². The van der Waals surface area contributed by atoms with Crippen molar-refractivity contribution in [2.45, 2.75) is 25.5 Å². The Bertz CT molecular complexity index is 776. The predicted molar refractivity (Wildman–Crippen MR) is 89.9 cm³/mol. The van der Waals surface area contributed by atoms with Crippen molar-refractivity contribution in [2.75, 3.05) is 6.61 Å². The fourth-order valence-corrected chi connectivity index (χ4v) is 3.01. The van der Waals surface area contributed by atoms with Crippen molar-refractivity contribution in [1.82, 2.24) is 14.8 Å². The summed E-state index contributed by atoms with van der Waals surface area (Å²) in [6.45, 7) is 1.72. The molecule has 3 aromatic rings. The summed E-state index contributed by atoms with van der Waals surface area (Å²) in [5.74, 6) is 0. The lowest BCUT2D eigenvalue weighted by Crippen LogP contribution is -2.15. The molecule has 0 spiro atoms. The Labute approximate surface area is 135 Å². The third-order valence-electron chi connectivity index (χ3n) is 4.21. The highest BCUT2D eigenvalue weighted by Crippen LogP contribution is 2.25. The highest BCUT2D eigenvalue weighted by atomic mass is 16.5. The maximum absolute atomic E-state index is 5.68. The van der Waals surface area contributed by atoms with Crippen molar-refractivity contribution < 1.29 is 4.74 Å². The molecule has 0 bridgehead atoms. The van der Waals surface area contributed by atoms with Gasteiger partial charge in [0.1, 0.15) is 0 Å². The average molecular weight is 305 g/mol. The number of nitrogens with zero attached hydrogens (tertiary/aromatic N) is 3. The summed E-state index contributed by atoms with van der Waals surface area (Å²) in [4.78, 5) is 4.19. The van der Waals surface area contributed by atoms with Crippen molar-refractivity contribution in [3.63, 3.8) is 0 Å². The first-order valence-corrected chi connectivity index (χ1v) is 8.04. The lowest BCUT2D eigenvalue weighted by Gasteiger charge is -2.08. The van der Waals surface area contributed by atoms with Gasteiger partial charge < -0.3 is 4.74 Å². The molecule has 0 saturated carbocycles.